The minimum atomic E-state index is -4.58. The maximum absolute atomic E-state index is 13.1. The van der Waals surface area contributed by atoms with E-state index in [1.807, 2.05) is 36.4 Å². The molecular weight excluding hydrogens is 519 g/mol. The van der Waals surface area contributed by atoms with Crippen molar-refractivity contribution in [3.05, 3.63) is 94.0 Å². The number of H-pyrrole nitrogens is 1. The first-order valence-electron chi connectivity index (χ1n) is 11.9. The van der Waals surface area contributed by atoms with Crippen molar-refractivity contribution >= 4 is 40.1 Å². The monoisotopic (exact) mass is 541 g/mol. The molecule has 3 aromatic carbocycles. The van der Waals surface area contributed by atoms with Gasteiger partial charge >= 0.3 is 6.18 Å². The van der Waals surface area contributed by atoms with Crippen LogP contribution in [0.4, 0.5) is 19.0 Å². The van der Waals surface area contributed by atoms with Crippen molar-refractivity contribution in [3.8, 4) is 0 Å². The number of rotatable bonds is 5. The number of halogens is 4. The molecule has 1 aromatic heterocycles. The molecule has 11 heteroatoms. The summed E-state index contributed by atoms with van der Waals surface area (Å²) in [5, 5.41) is 11.5. The first kappa shape index (κ1) is 25.6. The number of aromatic nitrogens is 2. The Morgan fingerprint density at radius 1 is 0.921 bits per heavy atom. The lowest BCUT2D eigenvalue weighted by Gasteiger charge is -2.35. The highest BCUT2D eigenvalue weighted by Gasteiger charge is 2.33. The second kappa shape index (κ2) is 10.4. The summed E-state index contributed by atoms with van der Waals surface area (Å²) in [7, 11) is 0. The number of hydrogen-bond donors (Lipinski definition) is 2. The van der Waals surface area contributed by atoms with Gasteiger partial charge in [0.25, 0.3) is 11.8 Å². The van der Waals surface area contributed by atoms with Crippen molar-refractivity contribution < 1.29 is 22.8 Å². The Labute approximate surface area is 221 Å². The molecule has 0 aliphatic carbocycles. The van der Waals surface area contributed by atoms with Gasteiger partial charge in [0.2, 0.25) is 0 Å². The number of aromatic amines is 1. The van der Waals surface area contributed by atoms with Gasteiger partial charge in [-0.15, -0.1) is 0 Å². The normalized spacial score (nSPS) is 14.1. The summed E-state index contributed by atoms with van der Waals surface area (Å²) >= 11 is 6.02. The van der Waals surface area contributed by atoms with E-state index in [0.717, 1.165) is 40.5 Å². The van der Waals surface area contributed by atoms with Gasteiger partial charge in [0, 0.05) is 43.7 Å². The van der Waals surface area contributed by atoms with Crippen LogP contribution in [0, 0.1) is 0 Å². The summed E-state index contributed by atoms with van der Waals surface area (Å²) in [6.45, 7) is 1.43. The van der Waals surface area contributed by atoms with Crippen molar-refractivity contribution in [1.82, 2.24) is 20.0 Å². The Morgan fingerprint density at radius 2 is 1.58 bits per heavy atom. The standard InChI is InChI=1S/C27H23ClF3N5O2/c28-22-10-9-19(27(29,30)31)15-21(22)26(38)36-13-11-35(12-14-36)25(37)18-7-5-17(6-8-18)16-32-24-20-3-1-2-4-23(20)33-34-24/h1-10,15H,11-14,16H2,(H2,32,33,34). The number of anilines is 1. The van der Waals surface area contributed by atoms with E-state index in [1.165, 1.54) is 4.90 Å². The van der Waals surface area contributed by atoms with Gasteiger partial charge in [-0.3, -0.25) is 14.7 Å². The van der Waals surface area contributed by atoms with Crippen LogP contribution >= 0.6 is 11.6 Å². The number of piperazine rings is 1. The number of amides is 2. The lowest BCUT2D eigenvalue weighted by Crippen LogP contribution is -2.50. The SMILES string of the molecule is O=C(c1ccc(CNc2n[nH]c3ccccc23)cc1)N1CCN(C(=O)c2cc(C(F)(F)F)ccc2Cl)CC1. The molecule has 0 bridgehead atoms. The average Bonchev–Trinajstić information content (AvgIpc) is 3.34. The van der Waals surface area contributed by atoms with Crippen LogP contribution in [0.3, 0.4) is 0 Å². The Balaban J connectivity index is 1.17. The summed E-state index contributed by atoms with van der Waals surface area (Å²) in [5.74, 6) is -0.0126. The van der Waals surface area contributed by atoms with Crippen LogP contribution in [-0.4, -0.2) is 58.0 Å². The molecule has 2 N–H and O–H groups in total. The smallest absolute Gasteiger partial charge is 0.364 e. The van der Waals surface area contributed by atoms with E-state index in [4.69, 9.17) is 11.6 Å². The van der Waals surface area contributed by atoms with Crippen molar-refractivity contribution in [3.63, 3.8) is 0 Å². The summed E-state index contributed by atoms with van der Waals surface area (Å²) in [6.07, 6.45) is -4.58. The Bertz CT molecular complexity index is 1480. The van der Waals surface area contributed by atoms with Crippen molar-refractivity contribution in [2.24, 2.45) is 0 Å². The molecule has 0 atom stereocenters. The molecule has 5 rings (SSSR count). The quantitative estimate of drug-likeness (QED) is 0.352. The minimum Gasteiger partial charge on any atom is -0.364 e. The second-order valence-electron chi connectivity index (χ2n) is 8.95. The van der Waals surface area contributed by atoms with E-state index in [0.29, 0.717) is 12.1 Å². The molecule has 38 heavy (non-hydrogen) atoms. The third kappa shape index (κ3) is 5.31. The van der Waals surface area contributed by atoms with Gasteiger partial charge in [-0.1, -0.05) is 35.9 Å². The van der Waals surface area contributed by atoms with Gasteiger partial charge in [-0.05, 0) is 48.0 Å². The fraction of sp³-hybridized carbons (Fsp3) is 0.222. The maximum Gasteiger partial charge on any atom is 0.416 e. The van der Waals surface area contributed by atoms with Crippen LogP contribution in [0.2, 0.25) is 5.02 Å². The van der Waals surface area contributed by atoms with Crippen molar-refractivity contribution in [1.29, 1.82) is 0 Å². The molecular formula is C27H23ClF3N5O2. The van der Waals surface area contributed by atoms with E-state index in [9.17, 15) is 22.8 Å². The van der Waals surface area contributed by atoms with Crippen molar-refractivity contribution in [2.45, 2.75) is 12.7 Å². The zero-order valence-electron chi connectivity index (χ0n) is 20.1. The fourth-order valence-electron chi connectivity index (χ4n) is 4.38. The van der Waals surface area contributed by atoms with Crippen molar-refractivity contribution in [2.75, 3.05) is 31.5 Å². The van der Waals surface area contributed by atoms with Crippen LogP contribution in [0.25, 0.3) is 10.9 Å². The van der Waals surface area contributed by atoms with Crippen LogP contribution in [-0.2, 0) is 12.7 Å². The number of benzene rings is 3. The van der Waals surface area contributed by atoms with E-state index >= 15 is 0 Å². The fourth-order valence-corrected chi connectivity index (χ4v) is 4.58. The molecule has 196 valence electrons. The molecule has 0 spiro atoms. The first-order chi connectivity index (χ1) is 18.2. The summed E-state index contributed by atoms with van der Waals surface area (Å²) in [5.41, 5.74) is 1.29. The van der Waals surface area contributed by atoms with E-state index in [1.54, 1.807) is 17.0 Å². The molecule has 4 aromatic rings. The number of nitrogens with one attached hydrogen (secondary N) is 2. The number of nitrogens with zero attached hydrogens (tertiary/aromatic N) is 3. The minimum absolute atomic E-state index is 0.0449. The Kier molecular flexibility index (Phi) is 6.98. The predicted molar refractivity (Wildman–Crippen MR) is 138 cm³/mol. The number of fused-ring (bicyclic) bond motifs is 1. The van der Waals surface area contributed by atoms with E-state index in [2.05, 4.69) is 15.5 Å². The molecule has 0 unspecified atom stereocenters. The number of carbonyl (C=O) groups excluding carboxylic acids is 2. The molecule has 0 radical (unpaired) electrons. The van der Waals surface area contributed by atoms with Gasteiger partial charge < -0.3 is 15.1 Å². The molecule has 7 nitrogen and oxygen atoms in total. The summed E-state index contributed by atoms with van der Waals surface area (Å²) in [4.78, 5) is 28.9. The molecule has 1 aliphatic heterocycles. The third-order valence-corrected chi connectivity index (χ3v) is 6.84. The van der Waals surface area contributed by atoms with E-state index < -0.39 is 17.6 Å². The van der Waals surface area contributed by atoms with Crippen LogP contribution in [0.15, 0.2) is 66.7 Å². The Hall–Kier alpha value is -4.05. The maximum atomic E-state index is 13.1. The number of hydrogen-bond acceptors (Lipinski definition) is 4. The average molecular weight is 542 g/mol. The molecule has 1 saturated heterocycles. The highest BCUT2D eigenvalue weighted by molar-refractivity contribution is 6.33. The Morgan fingerprint density at radius 3 is 2.26 bits per heavy atom. The topological polar surface area (TPSA) is 81.3 Å². The number of para-hydroxylation sites is 1. The largest absolute Gasteiger partial charge is 0.416 e. The molecule has 0 saturated carbocycles. The number of carbonyl (C=O) groups is 2. The van der Waals surface area contributed by atoms with Crippen LogP contribution < -0.4 is 5.32 Å². The van der Waals surface area contributed by atoms with Crippen LogP contribution in [0.1, 0.15) is 31.8 Å². The molecule has 2 amide bonds. The van der Waals surface area contributed by atoms with Gasteiger partial charge in [0.1, 0.15) is 0 Å². The van der Waals surface area contributed by atoms with E-state index in [-0.39, 0.29) is 42.7 Å². The van der Waals surface area contributed by atoms with Crippen LogP contribution in [0.5, 0.6) is 0 Å². The van der Waals surface area contributed by atoms with Gasteiger partial charge in [-0.25, -0.2) is 0 Å². The third-order valence-electron chi connectivity index (χ3n) is 6.51. The zero-order chi connectivity index (χ0) is 26.9. The summed E-state index contributed by atoms with van der Waals surface area (Å²) < 4.78 is 39.2. The summed E-state index contributed by atoms with van der Waals surface area (Å²) in [6, 6.07) is 17.7. The first-order valence-corrected chi connectivity index (χ1v) is 12.3. The molecule has 1 fully saturated rings. The van der Waals surface area contributed by atoms with Gasteiger partial charge in [0.15, 0.2) is 5.82 Å². The van der Waals surface area contributed by atoms with Gasteiger partial charge in [0.05, 0.1) is 21.7 Å². The zero-order valence-corrected chi connectivity index (χ0v) is 20.8. The second-order valence-corrected chi connectivity index (χ2v) is 9.35. The molecule has 2 heterocycles. The lowest BCUT2D eigenvalue weighted by atomic mass is 10.1. The van der Waals surface area contributed by atoms with Gasteiger partial charge in [-0.2, -0.15) is 18.3 Å². The molecule has 1 aliphatic rings. The highest BCUT2D eigenvalue weighted by Crippen LogP contribution is 2.32. The lowest BCUT2D eigenvalue weighted by molar-refractivity contribution is -0.137. The highest BCUT2D eigenvalue weighted by atomic mass is 35.5. The number of alkyl halides is 3. The predicted octanol–water partition coefficient (Wildman–Crippen LogP) is 5.45.